The summed E-state index contributed by atoms with van der Waals surface area (Å²) in [6.07, 6.45) is 4.83. The predicted octanol–water partition coefficient (Wildman–Crippen LogP) is 2.38. The van der Waals surface area contributed by atoms with Gasteiger partial charge in [0, 0.05) is 10.6 Å². The van der Waals surface area contributed by atoms with Crippen molar-refractivity contribution in [2.75, 3.05) is 6.54 Å². The fraction of sp³-hybridized carbons (Fsp3) is 0.316. The van der Waals surface area contributed by atoms with Crippen molar-refractivity contribution in [2.24, 2.45) is 11.8 Å². The van der Waals surface area contributed by atoms with Gasteiger partial charge in [-0.2, -0.15) is 4.98 Å². The number of amides is 2. The summed E-state index contributed by atoms with van der Waals surface area (Å²) in [4.78, 5) is 41.9. The minimum atomic E-state index is -0.709. The number of likely N-dealkylation sites (tertiary alicyclic amines) is 1. The fourth-order valence-electron chi connectivity index (χ4n) is 3.37. The molecule has 2 unspecified atom stereocenters. The lowest BCUT2D eigenvalue weighted by atomic mass is 9.85. The van der Waals surface area contributed by atoms with Crippen LogP contribution in [0.5, 0.6) is 0 Å². The van der Waals surface area contributed by atoms with E-state index in [2.05, 4.69) is 10.1 Å². The summed E-state index contributed by atoms with van der Waals surface area (Å²) in [6, 6.07) is 6.87. The van der Waals surface area contributed by atoms with Crippen molar-refractivity contribution in [3.8, 4) is 11.4 Å². The molecule has 1 aromatic heterocycles. The van der Waals surface area contributed by atoms with Gasteiger partial charge < -0.3 is 9.26 Å². The average Bonchev–Trinajstić information content (AvgIpc) is 3.27. The Morgan fingerprint density at radius 1 is 1.14 bits per heavy atom. The van der Waals surface area contributed by atoms with Gasteiger partial charge >= 0.3 is 5.97 Å². The largest absolute Gasteiger partial charge is 0.454 e. The minimum absolute atomic E-state index is 0.107. The van der Waals surface area contributed by atoms with Crippen LogP contribution in [0.25, 0.3) is 11.4 Å². The maximum absolute atomic E-state index is 12.4. The Morgan fingerprint density at radius 2 is 1.79 bits per heavy atom. The highest BCUT2D eigenvalue weighted by Gasteiger charge is 2.47. The summed E-state index contributed by atoms with van der Waals surface area (Å²) in [6.45, 7) is -0.660. The SMILES string of the molecule is O=C(CN1C(=O)C2CC=CCC2C1=O)OCc1nc(-c2ccc(Cl)cc2)no1. The van der Waals surface area contributed by atoms with E-state index in [9.17, 15) is 14.4 Å². The van der Waals surface area contributed by atoms with Gasteiger partial charge in [-0.3, -0.25) is 19.3 Å². The maximum Gasteiger partial charge on any atom is 0.326 e. The Kier molecular flexibility index (Phi) is 4.95. The fourth-order valence-corrected chi connectivity index (χ4v) is 3.50. The molecule has 2 aromatic rings. The number of benzene rings is 1. The first-order valence-electron chi connectivity index (χ1n) is 8.77. The lowest BCUT2D eigenvalue weighted by molar-refractivity contribution is -0.154. The summed E-state index contributed by atoms with van der Waals surface area (Å²) in [5.74, 6) is -1.65. The molecule has 0 saturated carbocycles. The number of carbonyl (C=O) groups is 3. The average molecular weight is 402 g/mol. The van der Waals surface area contributed by atoms with E-state index in [1.807, 2.05) is 12.2 Å². The number of hydrogen-bond acceptors (Lipinski definition) is 7. The number of halogens is 1. The molecule has 28 heavy (non-hydrogen) atoms. The van der Waals surface area contributed by atoms with Crippen molar-refractivity contribution < 1.29 is 23.6 Å². The van der Waals surface area contributed by atoms with Crippen molar-refractivity contribution in [2.45, 2.75) is 19.4 Å². The second kappa shape index (κ2) is 7.55. The maximum atomic E-state index is 12.4. The predicted molar refractivity (Wildman–Crippen MR) is 96.6 cm³/mol. The topological polar surface area (TPSA) is 103 Å². The van der Waals surface area contributed by atoms with Crippen LogP contribution in [-0.4, -0.2) is 39.4 Å². The number of allylic oxidation sites excluding steroid dienone is 2. The van der Waals surface area contributed by atoms with Crippen LogP contribution < -0.4 is 0 Å². The van der Waals surface area contributed by atoms with E-state index in [1.54, 1.807) is 24.3 Å². The number of ether oxygens (including phenoxy) is 1. The zero-order chi connectivity index (χ0) is 19.7. The monoisotopic (exact) mass is 401 g/mol. The van der Waals surface area contributed by atoms with Gasteiger partial charge in [-0.25, -0.2) is 0 Å². The Balaban J connectivity index is 1.33. The van der Waals surface area contributed by atoms with Crippen molar-refractivity contribution in [3.63, 3.8) is 0 Å². The van der Waals surface area contributed by atoms with Gasteiger partial charge in [0.2, 0.25) is 17.6 Å². The number of imide groups is 1. The smallest absolute Gasteiger partial charge is 0.326 e. The summed E-state index contributed by atoms with van der Waals surface area (Å²) in [5, 5.41) is 4.41. The molecule has 0 bridgehead atoms. The summed E-state index contributed by atoms with van der Waals surface area (Å²) in [5.41, 5.74) is 0.704. The molecule has 1 saturated heterocycles. The van der Waals surface area contributed by atoms with E-state index >= 15 is 0 Å². The molecule has 9 heteroatoms. The third kappa shape index (κ3) is 3.55. The summed E-state index contributed by atoms with van der Waals surface area (Å²) < 4.78 is 10.2. The van der Waals surface area contributed by atoms with Crippen molar-refractivity contribution in [3.05, 3.63) is 47.3 Å². The number of hydrogen-bond donors (Lipinski definition) is 0. The summed E-state index contributed by atoms with van der Waals surface area (Å²) >= 11 is 5.84. The third-order valence-electron chi connectivity index (χ3n) is 4.81. The zero-order valence-corrected chi connectivity index (χ0v) is 15.5. The standard InChI is InChI=1S/C19H16ClN3O5/c20-12-7-5-11(6-8-12)17-21-15(28-22-17)10-27-16(24)9-23-18(25)13-3-1-2-4-14(13)19(23)26/h1-2,5-8,13-14H,3-4,9-10H2. The highest BCUT2D eigenvalue weighted by atomic mass is 35.5. The molecule has 0 spiro atoms. The van der Waals surface area contributed by atoms with Crippen LogP contribution in [0.2, 0.25) is 5.02 Å². The van der Waals surface area contributed by atoms with Gasteiger partial charge in [0.15, 0.2) is 6.61 Å². The van der Waals surface area contributed by atoms with Gasteiger partial charge in [-0.05, 0) is 37.1 Å². The van der Waals surface area contributed by atoms with Crippen LogP contribution in [-0.2, 0) is 25.7 Å². The van der Waals surface area contributed by atoms with Gasteiger partial charge in [0.25, 0.3) is 5.89 Å². The number of fused-ring (bicyclic) bond motifs is 1. The number of aromatic nitrogens is 2. The summed E-state index contributed by atoms with van der Waals surface area (Å²) in [7, 11) is 0. The second-order valence-corrected chi connectivity index (χ2v) is 7.03. The lowest BCUT2D eigenvalue weighted by Gasteiger charge is -2.14. The van der Waals surface area contributed by atoms with Crippen LogP contribution in [0.4, 0.5) is 0 Å². The number of rotatable bonds is 5. The molecule has 8 nitrogen and oxygen atoms in total. The zero-order valence-electron chi connectivity index (χ0n) is 14.7. The normalized spacial score (nSPS) is 21.1. The molecule has 1 aromatic carbocycles. The van der Waals surface area contributed by atoms with Crippen molar-refractivity contribution >= 4 is 29.4 Å². The molecule has 2 atom stereocenters. The van der Waals surface area contributed by atoms with E-state index in [0.29, 0.717) is 29.3 Å². The second-order valence-electron chi connectivity index (χ2n) is 6.60. The highest BCUT2D eigenvalue weighted by molar-refractivity contribution is 6.30. The van der Waals surface area contributed by atoms with Gasteiger partial charge in [0.1, 0.15) is 6.54 Å². The first-order valence-corrected chi connectivity index (χ1v) is 9.15. The quantitative estimate of drug-likeness (QED) is 0.430. The van der Waals surface area contributed by atoms with Crippen LogP contribution in [0.3, 0.4) is 0 Å². The Labute approximate surface area is 165 Å². The molecule has 2 heterocycles. The molecule has 2 amide bonds. The van der Waals surface area contributed by atoms with Crippen LogP contribution in [0, 0.1) is 11.8 Å². The highest BCUT2D eigenvalue weighted by Crippen LogP contribution is 2.34. The molecule has 0 radical (unpaired) electrons. The van der Waals surface area contributed by atoms with Crippen LogP contribution in [0.15, 0.2) is 40.9 Å². The third-order valence-corrected chi connectivity index (χ3v) is 5.07. The van der Waals surface area contributed by atoms with Crippen LogP contribution in [0.1, 0.15) is 18.7 Å². The van der Waals surface area contributed by atoms with Gasteiger partial charge in [0.05, 0.1) is 11.8 Å². The Hall–Kier alpha value is -3.00. The van der Waals surface area contributed by atoms with E-state index in [4.69, 9.17) is 20.9 Å². The molecule has 144 valence electrons. The Bertz CT molecular complexity index is 927. The molecule has 1 aliphatic heterocycles. The molecule has 2 aliphatic rings. The van der Waals surface area contributed by atoms with Gasteiger partial charge in [-0.15, -0.1) is 0 Å². The van der Waals surface area contributed by atoms with E-state index in [0.717, 1.165) is 4.90 Å². The van der Waals surface area contributed by atoms with E-state index in [1.165, 1.54) is 0 Å². The molecule has 0 N–H and O–H groups in total. The van der Waals surface area contributed by atoms with Gasteiger partial charge in [-0.1, -0.05) is 28.9 Å². The van der Waals surface area contributed by atoms with Crippen molar-refractivity contribution in [1.82, 2.24) is 15.0 Å². The van der Waals surface area contributed by atoms with Crippen molar-refractivity contribution in [1.29, 1.82) is 0 Å². The van der Waals surface area contributed by atoms with Crippen LogP contribution >= 0.6 is 11.6 Å². The number of nitrogens with zero attached hydrogens (tertiary/aromatic N) is 3. The molecular formula is C19H16ClN3O5. The van der Waals surface area contributed by atoms with E-state index in [-0.39, 0.29) is 36.1 Å². The molecule has 1 aliphatic carbocycles. The number of carbonyl (C=O) groups excluding carboxylic acids is 3. The van der Waals surface area contributed by atoms with E-state index < -0.39 is 12.5 Å². The molecule has 1 fully saturated rings. The number of esters is 1. The molecular weight excluding hydrogens is 386 g/mol. The first-order chi connectivity index (χ1) is 13.5. The first kappa shape index (κ1) is 18.4. The minimum Gasteiger partial charge on any atom is -0.454 e. The Morgan fingerprint density at radius 3 is 2.43 bits per heavy atom. The lowest BCUT2D eigenvalue weighted by Crippen LogP contribution is -2.36. The molecule has 4 rings (SSSR count).